The van der Waals surface area contributed by atoms with E-state index in [2.05, 4.69) is 25.2 Å². The van der Waals surface area contributed by atoms with Crippen LogP contribution in [-0.4, -0.2) is 48.5 Å². The number of aromatic nitrogens is 1. The molecule has 1 saturated carbocycles. The Balaban J connectivity index is 0.000000239. The van der Waals surface area contributed by atoms with Crippen molar-refractivity contribution in [1.82, 2.24) is 9.88 Å². The normalized spacial score (nSPS) is 18.6. The molecule has 1 aromatic heterocycles. The second-order valence-electron chi connectivity index (χ2n) is 9.19. The topological polar surface area (TPSA) is 94.8 Å². The molecule has 3 aliphatic rings. The average molecular weight is 482 g/mol. The number of rotatable bonds is 4. The highest BCUT2D eigenvalue weighted by Gasteiger charge is 2.30. The molecular weight excluding hydrogens is 442 g/mol. The molecule has 2 heterocycles. The van der Waals surface area contributed by atoms with E-state index < -0.39 is 5.91 Å². The van der Waals surface area contributed by atoms with Crippen LogP contribution in [0.3, 0.4) is 0 Å². The molecule has 1 atom stereocenters. The number of ether oxygens (including phenoxy) is 2. The summed E-state index contributed by atoms with van der Waals surface area (Å²) in [5.74, 6) is 2.27. The number of methoxy groups -OCH3 is 2. The molecule has 7 heteroatoms. The molecular formula is C28H39N3O4. The summed E-state index contributed by atoms with van der Waals surface area (Å²) in [6, 6.07) is 7.48. The molecule has 2 fully saturated rings. The van der Waals surface area contributed by atoms with Crippen LogP contribution < -0.4 is 15.2 Å². The Morgan fingerprint density at radius 1 is 1.11 bits per heavy atom. The summed E-state index contributed by atoms with van der Waals surface area (Å²) >= 11 is 0. The van der Waals surface area contributed by atoms with E-state index in [-0.39, 0.29) is 13.4 Å². The molecule has 0 radical (unpaired) electrons. The number of amides is 2. The van der Waals surface area contributed by atoms with Gasteiger partial charge in [-0.2, -0.15) is 0 Å². The van der Waals surface area contributed by atoms with E-state index in [9.17, 15) is 9.59 Å². The second kappa shape index (κ2) is 12.4. The van der Waals surface area contributed by atoms with E-state index in [0.29, 0.717) is 6.54 Å². The minimum atomic E-state index is -0.391. The zero-order valence-corrected chi connectivity index (χ0v) is 21.3. The number of allylic oxidation sites excluding steroid dienone is 4. The number of carbonyl (C=O) groups excluding carboxylic acids is 2. The van der Waals surface area contributed by atoms with E-state index in [0.717, 1.165) is 65.3 Å². The van der Waals surface area contributed by atoms with Crippen LogP contribution in [0.1, 0.15) is 59.5 Å². The van der Waals surface area contributed by atoms with Crippen molar-refractivity contribution in [3.63, 3.8) is 0 Å². The first kappa shape index (κ1) is 26.3. The lowest BCUT2D eigenvalue weighted by Crippen LogP contribution is -2.42. The summed E-state index contributed by atoms with van der Waals surface area (Å²) in [4.78, 5) is 27.9. The Bertz CT molecular complexity index is 1090. The molecule has 0 bridgehead atoms. The average Bonchev–Trinajstić information content (AvgIpc) is 3.48. The number of pyridine rings is 1. The molecule has 1 saturated heterocycles. The monoisotopic (exact) mass is 481 g/mol. The fourth-order valence-corrected chi connectivity index (χ4v) is 4.03. The smallest absolute Gasteiger partial charge is 0.240 e. The zero-order chi connectivity index (χ0) is 25.4. The molecule has 1 aromatic carbocycles. The van der Waals surface area contributed by atoms with Crippen LogP contribution in [0.15, 0.2) is 42.5 Å². The lowest BCUT2D eigenvalue weighted by molar-refractivity contribution is -0.135. The summed E-state index contributed by atoms with van der Waals surface area (Å²) in [6.45, 7) is 4.41. The third-order valence-corrected chi connectivity index (χ3v) is 6.34. The van der Waals surface area contributed by atoms with Gasteiger partial charge in [-0.15, -0.1) is 0 Å². The number of primary amides is 1. The van der Waals surface area contributed by atoms with Crippen molar-refractivity contribution in [3.05, 3.63) is 48.2 Å². The van der Waals surface area contributed by atoms with Crippen LogP contribution in [0.5, 0.6) is 11.5 Å². The van der Waals surface area contributed by atoms with Gasteiger partial charge in [-0.25, -0.2) is 4.98 Å². The van der Waals surface area contributed by atoms with Gasteiger partial charge in [0.25, 0.3) is 0 Å². The molecule has 2 aliphatic carbocycles. The van der Waals surface area contributed by atoms with E-state index in [4.69, 9.17) is 20.2 Å². The van der Waals surface area contributed by atoms with Crippen LogP contribution in [0.25, 0.3) is 16.5 Å². The van der Waals surface area contributed by atoms with Crippen molar-refractivity contribution < 1.29 is 20.5 Å². The van der Waals surface area contributed by atoms with Crippen LogP contribution >= 0.6 is 0 Å². The minimum Gasteiger partial charge on any atom is -0.497 e. The summed E-state index contributed by atoms with van der Waals surface area (Å²) in [5.41, 5.74) is 8.08. The van der Waals surface area contributed by atoms with E-state index in [1.54, 1.807) is 14.2 Å². The molecule has 0 spiro atoms. The highest BCUT2D eigenvalue weighted by molar-refractivity contribution is 5.89. The minimum absolute atomic E-state index is 0. The quantitative estimate of drug-likeness (QED) is 0.653. The van der Waals surface area contributed by atoms with Crippen molar-refractivity contribution in [2.45, 2.75) is 58.4 Å². The Morgan fingerprint density at radius 2 is 1.86 bits per heavy atom. The largest absolute Gasteiger partial charge is 0.497 e. The Hall–Kier alpha value is -3.35. The zero-order valence-electron chi connectivity index (χ0n) is 21.3. The predicted octanol–water partition coefficient (Wildman–Crippen LogP) is 5.13. The number of nitrogens with zero attached hydrogens (tertiary/aromatic N) is 2. The summed E-state index contributed by atoms with van der Waals surface area (Å²) < 4.78 is 10.8. The number of hydrogen-bond acceptors (Lipinski definition) is 5. The van der Waals surface area contributed by atoms with E-state index in [1.165, 1.54) is 24.7 Å². The van der Waals surface area contributed by atoms with Crippen LogP contribution in [0, 0.1) is 5.92 Å². The number of likely N-dealkylation sites (tertiary alicyclic amines) is 1. The van der Waals surface area contributed by atoms with Gasteiger partial charge in [0.1, 0.15) is 17.5 Å². The Labute approximate surface area is 209 Å². The van der Waals surface area contributed by atoms with Crippen LogP contribution in [0.4, 0.5) is 0 Å². The number of carbonyl (C=O) groups is 2. The van der Waals surface area contributed by atoms with Crippen LogP contribution in [0.2, 0.25) is 0 Å². The van der Waals surface area contributed by atoms with Gasteiger partial charge < -0.3 is 20.1 Å². The third-order valence-electron chi connectivity index (χ3n) is 6.34. The molecule has 190 valence electrons. The summed E-state index contributed by atoms with van der Waals surface area (Å²) in [7, 11) is 3.35. The fraction of sp³-hybridized carbons (Fsp3) is 0.464. The summed E-state index contributed by atoms with van der Waals surface area (Å²) in [5, 5.41) is 0.998. The van der Waals surface area contributed by atoms with Gasteiger partial charge in [0, 0.05) is 32.4 Å². The van der Waals surface area contributed by atoms with E-state index >= 15 is 0 Å². The SMILES string of the molecule is CC(=O)N1CCC[C@H]1C(N)=O.CC1CC1.COc1ccc2c(OC)cc(C3=CCCC=C3)nc2c1.[HH]. The Kier molecular flexibility index (Phi) is 9.29. The number of benzene rings is 1. The highest BCUT2D eigenvalue weighted by Crippen LogP contribution is 2.31. The maximum absolute atomic E-state index is 10.9. The first-order valence-electron chi connectivity index (χ1n) is 12.3. The Morgan fingerprint density at radius 3 is 2.37 bits per heavy atom. The van der Waals surface area contributed by atoms with Gasteiger partial charge in [0.2, 0.25) is 11.8 Å². The van der Waals surface area contributed by atoms with Gasteiger partial charge in [-0.05, 0) is 49.3 Å². The third kappa shape index (κ3) is 7.31. The van der Waals surface area contributed by atoms with Crippen molar-refractivity contribution >= 4 is 28.3 Å². The van der Waals surface area contributed by atoms with Crippen LogP contribution in [-0.2, 0) is 9.59 Å². The number of hydrogen-bond donors (Lipinski definition) is 1. The fourth-order valence-electron chi connectivity index (χ4n) is 4.03. The molecule has 5 rings (SSSR count). The van der Waals surface area contributed by atoms with Gasteiger partial charge in [0.15, 0.2) is 0 Å². The van der Waals surface area contributed by atoms with Gasteiger partial charge in [-0.3, -0.25) is 9.59 Å². The molecule has 0 unspecified atom stereocenters. The van der Waals surface area contributed by atoms with Crippen molar-refractivity contribution in [1.29, 1.82) is 0 Å². The first-order chi connectivity index (χ1) is 16.8. The predicted molar refractivity (Wildman–Crippen MR) is 141 cm³/mol. The first-order valence-corrected chi connectivity index (χ1v) is 12.3. The number of nitrogens with two attached hydrogens (primary N) is 1. The summed E-state index contributed by atoms with van der Waals surface area (Å²) in [6.07, 6.45) is 13.3. The lowest BCUT2D eigenvalue weighted by Gasteiger charge is -2.19. The van der Waals surface area contributed by atoms with Crippen molar-refractivity contribution in [3.8, 4) is 11.5 Å². The van der Waals surface area contributed by atoms with Crippen molar-refractivity contribution in [2.75, 3.05) is 20.8 Å². The molecule has 2 aromatic rings. The van der Waals surface area contributed by atoms with Crippen molar-refractivity contribution in [2.24, 2.45) is 11.7 Å². The molecule has 7 nitrogen and oxygen atoms in total. The van der Waals surface area contributed by atoms with Gasteiger partial charge in [-0.1, -0.05) is 38.0 Å². The molecule has 1 aliphatic heterocycles. The van der Waals surface area contributed by atoms with Gasteiger partial charge in [0.05, 0.1) is 25.4 Å². The standard InChI is InChI=1S/C17H17NO2.C7H12N2O2.C4H8.H2/c1-19-13-8-9-14-16(10-13)18-15(11-17(14)20-2)12-6-4-3-5-7-12;1-5(10)9-4-2-3-6(9)7(8)11;1-4-2-3-4;/h4,6-11H,3,5H2,1-2H3;6H,2-4H2,1H3,(H2,8,11);4H,2-3H2,1H3;1H/t;6-;;/m.0../s1. The van der Waals surface area contributed by atoms with Gasteiger partial charge >= 0.3 is 0 Å². The lowest BCUT2D eigenvalue weighted by atomic mass is 10.0. The molecule has 35 heavy (non-hydrogen) atoms. The number of fused-ring (bicyclic) bond motifs is 1. The molecule has 2 amide bonds. The molecule has 2 N–H and O–H groups in total. The maximum atomic E-state index is 10.9. The highest BCUT2D eigenvalue weighted by atomic mass is 16.5. The van der Waals surface area contributed by atoms with E-state index in [1.807, 2.05) is 24.3 Å². The second-order valence-corrected chi connectivity index (χ2v) is 9.19. The maximum Gasteiger partial charge on any atom is 0.240 e.